The fraction of sp³-hybridized carbons (Fsp3) is 0.222. The Kier molecular flexibility index (Phi) is 3.08. The molecule has 3 heteroatoms. The summed E-state index contributed by atoms with van der Waals surface area (Å²) in [5.74, 6) is -0.781. The molecule has 0 spiro atoms. The van der Waals surface area contributed by atoms with E-state index in [-0.39, 0.29) is 6.42 Å². The summed E-state index contributed by atoms with van der Waals surface area (Å²) in [5.41, 5.74) is 1.98. The standard InChI is InChI=1S/C9H9IO2/c1-6-2-7(5-9(11)12)4-8(10)3-6/h2-4H,5H2,1H3,(H,11,12). The molecule has 0 aromatic heterocycles. The molecule has 0 aliphatic carbocycles. The summed E-state index contributed by atoms with van der Waals surface area (Å²) in [7, 11) is 0. The van der Waals surface area contributed by atoms with Crippen LogP contribution in [-0.2, 0) is 11.2 Å². The van der Waals surface area contributed by atoms with Crippen LogP contribution in [-0.4, -0.2) is 11.1 Å². The first kappa shape index (κ1) is 9.51. The van der Waals surface area contributed by atoms with Crippen molar-refractivity contribution in [2.24, 2.45) is 0 Å². The molecule has 0 unspecified atom stereocenters. The molecule has 0 fully saturated rings. The lowest BCUT2D eigenvalue weighted by atomic mass is 10.1. The molecule has 64 valence electrons. The van der Waals surface area contributed by atoms with Crippen molar-refractivity contribution in [2.75, 3.05) is 0 Å². The van der Waals surface area contributed by atoms with E-state index in [0.717, 1.165) is 14.7 Å². The van der Waals surface area contributed by atoms with E-state index in [4.69, 9.17) is 5.11 Å². The van der Waals surface area contributed by atoms with Gasteiger partial charge >= 0.3 is 5.97 Å². The number of hydrogen-bond donors (Lipinski definition) is 1. The normalized spacial score (nSPS) is 9.83. The maximum absolute atomic E-state index is 10.4. The van der Waals surface area contributed by atoms with Gasteiger partial charge in [0, 0.05) is 3.57 Å². The van der Waals surface area contributed by atoms with Crippen molar-refractivity contribution in [1.82, 2.24) is 0 Å². The summed E-state index contributed by atoms with van der Waals surface area (Å²) < 4.78 is 1.09. The summed E-state index contributed by atoms with van der Waals surface area (Å²) in [6, 6.07) is 5.81. The third-order valence-corrected chi connectivity index (χ3v) is 2.08. The number of benzene rings is 1. The number of carboxylic acids is 1. The van der Waals surface area contributed by atoms with E-state index in [0.29, 0.717) is 0 Å². The van der Waals surface area contributed by atoms with Gasteiger partial charge in [0.2, 0.25) is 0 Å². The van der Waals surface area contributed by atoms with Gasteiger partial charge in [-0.25, -0.2) is 0 Å². The highest BCUT2D eigenvalue weighted by atomic mass is 127. The molecule has 12 heavy (non-hydrogen) atoms. The SMILES string of the molecule is Cc1cc(I)cc(CC(=O)O)c1. The lowest BCUT2D eigenvalue weighted by molar-refractivity contribution is -0.136. The summed E-state index contributed by atoms with van der Waals surface area (Å²) >= 11 is 2.18. The number of hydrogen-bond acceptors (Lipinski definition) is 1. The van der Waals surface area contributed by atoms with Crippen LogP contribution in [0.5, 0.6) is 0 Å². The minimum absolute atomic E-state index is 0.109. The van der Waals surface area contributed by atoms with Gasteiger partial charge in [0.1, 0.15) is 0 Å². The third kappa shape index (κ3) is 2.81. The summed E-state index contributed by atoms with van der Waals surface area (Å²) in [4.78, 5) is 10.4. The Hall–Kier alpha value is -0.580. The quantitative estimate of drug-likeness (QED) is 0.841. The molecule has 1 N–H and O–H groups in total. The molecule has 0 aliphatic rings. The topological polar surface area (TPSA) is 37.3 Å². The molecular weight excluding hydrogens is 267 g/mol. The minimum atomic E-state index is -0.781. The van der Waals surface area contributed by atoms with Crippen LogP contribution in [0.4, 0.5) is 0 Å². The Morgan fingerprint density at radius 3 is 2.67 bits per heavy atom. The minimum Gasteiger partial charge on any atom is -0.481 e. The Labute approximate surface area is 84.7 Å². The Morgan fingerprint density at radius 1 is 1.50 bits per heavy atom. The van der Waals surface area contributed by atoms with Crippen molar-refractivity contribution < 1.29 is 9.90 Å². The maximum Gasteiger partial charge on any atom is 0.307 e. The predicted molar refractivity (Wildman–Crippen MR) is 55.2 cm³/mol. The number of aryl methyl sites for hydroxylation is 1. The van der Waals surface area contributed by atoms with Crippen molar-refractivity contribution in [2.45, 2.75) is 13.3 Å². The monoisotopic (exact) mass is 276 g/mol. The molecule has 2 nitrogen and oxygen atoms in total. The molecule has 0 bridgehead atoms. The second-order valence-electron chi connectivity index (χ2n) is 2.71. The summed E-state index contributed by atoms with van der Waals surface area (Å²) in [5, 5.41) is 8.55. The van der Waals surface area contributed by atoms with Gasteiger partial charge in [-0.2, -0.15) is 0 Å². The van der Waals surface area contributed by atoms with E-state index in [9.17, 15) is 4.79 Å². The molecule has 0 atom stereocenters. The first-order chi connectivity index (χ1) is 5.58. The first-order valence-electron chi connectivity index (χ1n) is 3.56. The predicted octanol–water partition coefficient (Wildman–Crippen LogP) is 2.23. The number of carboxylic acid groups (broad SMARTS) is 1. The van der Waals surface area contributed by atoms with E-state index in [2.05, 4.69) is 22.6 Å². The molecule has 0 heterocycles. The highest BCUT2D eigenvalue weighted by Gasteiger charge is 2.01. The second-order valence-corrected chi connectivity index (χ2v) is 3.95. The molecule has 0 radical (unpaired) electrons. The van der Waals surface area contributed by atoms with Gasteiger partial charge < -0.3 is 5.11 Å². The van der Waals surface area contributed by atoms with Gasteiger partial charge in [-0.1, -0.05) is 6.07 Å². The third-order valence-electron chi connectivity index (χ3n) is 1.46. The first-order valence-corrected chi connectivity index (χ1v) is 4.63. The lowest BCUT2D eigenvalue weighted by Crippen LogP contribution is -2.00. The van der Waals surface area contributed by atoms with E-state index < -0.39 is 5.97 Å². The van der Waals surface area contributed by atoms with Gasteiger partial charge in [0.25, 0.3) is 0 Å². The smallest absolute Gasteiger partial charge is 0.307 e. The molecule has 0 aliphatic heterocycles. The van der Waals surface area contributed by atoms with Crippen molar-refractivity contribution in [3.8, 4) is 0 Å². The Bertz CT molecular complexity index is 287. The number of halogens is 1. The Morgan fingerprint density at radius 2 is 2.17 bits per heavy atom. The summed E-state index contributed by atoms with van der Waals surface area (Å²) in [6.07, 6.45) is 0.109. The van der Waals surface area contributed by atoms with Crippen LogP contribution in [0.3, 0.4) is 0 Å². The lowest BCUT2D eigenvalue weighted by Gasteiger charge is -2.00. The molecule has 0 saturated heterocycles. The van der Waals surface area contributed by atoms with Crippen LogP contribution in [0.1, 0.15) is 11.1 Å². The highest BCUT2D eigenvalue weighted by Crippen LogP contribution is 2.12. The fourth-order valence-electron chi connectivity index (χ4n) is 1.09. The van der Waals surface area contributed by atoms with Crippen molar-refractivity contribution in [1.29, 1.82) is 0 Å². The van der Waals surface area contributed by atoms with Crippen LogP contribution < -0.4 is 0 Å². The van der Waals surface area contributed by atoms with Crippen LogP contribution in [0.25, 0.3) is 0 Å². The van der Waals surface area contributed by atoms with Crippen molar-refractivity contribution >= 4 is 28.6 Å². The number of aliphatic carboxylic acids is 1. The zero-order chi connectivity index (χ0) is 9.14. The van der Waals surface area contributed by atoms with E-state index in [1.54, 1.807) is 0 Å². The largest absolute Gasteiger partial charge is 0.481 e. The summed E-state index contributed by atoms with van der Waals surface area (Å²) in [6.45, 7) is 1.97. The van der Waals surface area contributed by atoms with Gasteiger partial charge in [-0.15, -0.1) is 0 Å². The molecule has 1 aromatic carbocycles. The van der Waals surface area contributed by atoms with Gasteiger partial charge in [-0.3, -0.25) is 4.79 Å². The van der Waals surface area contributed by atoms with Gasteiger partial charge in [-0.05, 0) is 52.8 Å². The van der Waals surface area contributed by atoms with Crippen LogP contribution >= 0.6 is 22.6 Å². The molecule has 1 aromatic rings. The molecule has 0 saturated carbocycles. The van der Waals surface area contributed by atoms with Crippen molar-refractivity contribution in [3.05, 3.63) is 32.9 Å². The molecular formula is C9H9IO2. The maximum atomic E-state index is 10.4. The van der Waals surface area contributed by atoms with Crippen LogP contribution in [0, 0.1) is 10.5 Å². The van der Waals surface area contributed by atoms with Gasteiger partial charge in [0.15, 0.2) is 0 Å². The van der Waals surface area contributed by atoms with Crippen LogP contribution in [0.2, 0.25) is 0 Å². The van der Waals surface area contributed by atoms with Crippen molar-refractivity contribution in [3.63, 3.8) is 0 Å². The van der Waals surface area contributed by atoms with E-state index in [1.165, 1.54) is 0 Å². The average molecular weight is 276 g/mol. The van der Waals surface area contributed by atoms with E-state index >= 15 is 0 Å². The molecule has 1 rings (SSSR count). The van der Waals surface area contributed by atoms with Crippen LogP contribution in [0.15, 0.2) is 18.2 Å². The zero-order valence-corrected chi connectivity index (χ0v) is 8.83. The Balaban J connectivity index is 2.93. The number of rotatable bonds is 2. The van der Waals surface area contributed by atoms with Gasteiger partial charge in [0.05, 0.1) is 6.42 Å². The fourth-order valence-corrected chi connectivity index (χ4v) is 1.98. The highest BCUT2D eigenvalue weighted by molar-refractivity contribution is 14.1. The zero-order valence-electron chi connectivity index (χ0n) is 6.67. The second kappa shape index (κ2) is 3.89. The average Bonchev–Trinajstić information content (AvgIpc) is 1.81. The van der Waals surface area contributed by atoms with E-state index in [1.807, 2.05) is 25.1 Å². The molecule has 0 amide bonds. The number of carbonyl (C=O) groups is 1.